The predicted octanol–water partition coefficient (Wildman–Crippen LogP) is 3.21. The van der Waals surface area contributed by atoms with Gasteiger partial charge in [-0.2, -0.15) is 0 Å². The number of hydrogen-bond acceptors (Lipinski definition) is 2. The number of hydrogen-bond donors (Lipinski definition) is 1. The van der Waals surface area contributed by atoms with Crippen LogP contribution in [0.5, 0.6) is 0 Å². The molecule has 1 aliphatic heterocycles. The van der Waals surface area contributed by atoms with Crippen molar-refractivity contribution in [1.29, 1.82) is 0 Å². The molecule has 0 aliphatic carbocycles. The third-order valence-electron chi connectivity index (χ3n) is 3.63. The highest BCUT2D eigenvalue weighted by molar-refractivity contribution is 6.30. The van der Waals surface area contributed by atoms with E-state index in [1.165, 1.54) is 0 Å². The van der Waals surface area contributed by atoms with Gasteiger partial charge in [-0.05, 0) is 43.7 Å². The van der Waals surface area contributed by atoms with Crippen LogP contribution in [0.3, 0.4) is 0 Å². The summed E-state index contributed by atoms with van der Waals surface area (Å²) < 4.78 is 0. The summed E-state index contributed by atoms with van der Waals surface area (Å²) in [6.45, 7) is 8.74. The summed E-state index contributed by atoms with van der Waals surface area (Å²) >= 11 is 5.92. The summed E-state index contributed by atoms with van der Waals surface area (Å²) in [5, 5.41) is 3.65. The largest absolute Gasteiger partial charge is 0.322 e. The molecule has 1 aromatic carbocycles. The van der Waals surface area contributed by atoms with Gasteiger partial charge in [-0.1, -0.05) is 18.5 Å². The molecule has 1 aliphatic rings. The Morgan fingerprint density at radius 2 is 2.00 bits per heavy atom. The van der Waals surface area contributed by atoms with E-state index in [0.717, 1.165) is 50.4 Å². The van der Waals surface area contributed by atoms with E-state index >= 15 is 0 Å². The van der Waals surface area contributed by atoms with E-state index in [-0.39, 0.29) is 6.03 Å². The molecule has 2 rings (SSSR count). The van der Waals surface area contributed by atoms with Gasteiger partial charge in [0.1, 0.15) is 0 Å². The Morgan fingerprint density at radius 1 is 1.30 bits per heavy atom. The zero-order valence-electron chi connectivity index (χ0n) is 12.2. The first kappa shape index (κ1) is 15.1. The molecule has 1 fully saturated rings. The number of anilines is 1. The number of nitrogens with zero attached hydrogens (tertiary/aromatic N) is 2. The maximum absolute atomic E-state index is 12.2. The molecule has 0 saturated carbocycles. The van der Waals surface area contributed by atoms with Gasteiger partial charge >= 0.3 is 6.03 Å². The van der Waals surface area contributed by atoms with Gasteiger partial charge in [-0.3, -0.25) is 4.90 Å². The minimum Gasteiger partial charge on any atom is -0.322 e. The molecule has 20 heavy (non-hydrogen) atoms. The molecule has 2 amide bonds. The Hall–Kier alpha value is -1.26. The number of carbonyl (C=O) groups is 1. The summed E-state index contributed by atoms with van der Waals surface area (Å²) in [6.07, 6.45) is 1.16. The van der Waals surface area contributed by atoms with Crippen LogP contribution in [0.25, 0.3) is 0 Å². The standard InChI is InChI=1S/C15H22ClN3O/c1-3-6-18-7-9-19(10-8-18)15(20)17-14-5-4-13(16)11-12(14)2/h4-5,11H,3,6-10H2,1-2H3,(H,17,20). The van der Waals surface area contributed by atoms with Crippen molar-refractivity contribution in [3.63, 3.8) is 0 Å². The van der Waals surface area contributed by atoms with E-state index in [1.54, 1.807) is 6.07 Å². The van der Waals surface area contributed by atoms with Crippen molar-refractivity contribution in [3.8, 4) is 0 Å². The second kappa shape index (κ2) is 6.95. The average Bonchev–Trinajstić information content (AvgIpc) is 2.43. The second-order valence-electron chi connectivity index (χ2n) is 5.22. The molecule has 0 unspecified atom stereocenters. The first-order chi connectivity index (χ1) is 9.60. The fourth-order valence-corrected chi connectivity index (χ4v) is 2.68. The zero-order valence-corrected chi connectivity index (χ0v) is 12.9. The molecule has 1 N–H and O–H groups in total. The summed E-state index contributed by atoms with van der Waals surface area (Å²) in [7, 11) is 0. The van der Waals surface area contributed by atoms with Crippen molar-refractivity contribution in [2.24, 2.45) is 0 Å². The smallest absolute Gasteiger partial charge is 0.321 e. The first-order valence-electron chi connectivity index (χ1n) is 7.14. The molecule has 5 heteroatoms. The minimum atomic E-state index is -0.0217. The number of piperazine rings is 1. The van der Waals surface area contributed by atoms with Crippen LogP contribution in [0, 0.1) is 6.92 Å². The first-order valence-corrected chi connectivity index (χ1v) is 7.52. The summed E-state index contributed by atoms with van der Waals surface area (Å²) in [6, 6.07) is 5.48. The molecule has 0 atom stereocenters. The maximum Gasteiger partial charge on any atom is 0.321 e. The number of aryl methyl sites for hydroxylation is 1. The van der Waals surface area contributed by atoms with Crippen LogP contribution in [0.4, 0.5) is 10.5 Å². The quantitative estimate of drug-likeness (QED) is 0.929. The SMILES string of the molecule is CCCN1CCN(C(=O)Nc2ccc(Cl)cc2C)CC1. The maximum atomic E-state index is 12.2. The second-order valence-corrected chi connectivity index (χ2v) is 5.65. The number of urea groups is 1. The van der Waals surface area contributed by atoms with E-state index in [4.69, 9.17) is 11.6 Å². The zero-order chi connectivity index (χ0) is 14.5. The van der Waals surface area contributed by atoms with Crippen LogP contribution in [-0.2, 0) is 0 Å². The molecule has 110 valence electrons. The molecule has 0 radical (unpaired) electrons. The summed E-state index contributed by atoms with van der Waals surface area (Å²) in [5.74, 6) is 0. The average molecular weight is 296 g/mol. The molecular formula is C15H22ClN3O. The lowest BCUT2D eigenvalue weighted by Crippen LogP contribution is -2.50. The Morgan fingerprint density at radius 3 is 2.60 bits per heavy atom. The summed E-state index contributed by atoms with van der Waals surface area (Å²) in [4.78, 5) is 16.5. The van der Waals surface area contributed by atoms with Gasteiger partial charge < -0.3 is 10.2 Å². The van der Waals surface area contributed by atoms with Crippen LogP contribution >= 0.6 is 11.6 Å². The van der Waals surface area contributed by atoms with E-state index < -0.39 is 0 Å². The van der Waals surface area contributed by atoms with Crippen LogP contribution in [0.1, 0.15) is 18.9 Å². The highest BCUT2D eigenvalue weighted by Crippen LogP contribution is 2.20. The number of benzene rings is 1. The van der Waals surface area contributed by atoms with E-state index in [0.29, 0.717) is 5.02 Å². The molecular weight excluding hydrogens is 274 g/mol. The lowest BCUT2D eigenvalue weighted by Gasteiger charge is -2.34. The molecule has 4 nitrogen and oxygen atoms in total. The molecule has 1 heterocycles. The highest BCUT2D eigenvalue weighted by Gasteiger charge is 2.20. The Bertz CT molecular complexity index is 470. The van der Waals surface area contributed by atoms with Crippen molar-refractivity contribution in [2.75, 3.05) is 38.0 Å². The Balaban J connectivity index is 1.89. The Labute approximate surface area is 125 Å². The fourth-order valence-electron chi connectivity index (χ4n) is 2.45. The van der Waals surface area contributed by atoms with Crippen molar-refractivity contribution in [2.45, 2.75) is 20.3 Å². The predicted molar refractivity (Wildman–Crippen MR) is 83.5 cm³/mol. The number of amides is 2. The van der Waals surface area contributed by atoms with Crippen molar-refractivity contribution in [1.82, 2.24) is 9.80 Å². The number of nitrogens with one attached hydrogen (secondary N) is 1. The van der Waals surface area contributed by atoms with Crippen LogP contribution in [-0.4, -0.2) is 48.6 Å². The highest BCUT2D eigenvalue weighted by atomic mass is 35.5. The molecule has 0 bridgehead atoms. The van der Waals surface area contributed by atoms with Gasteiger partial charge in [-0.15, -0.1) is 0 Å². The van der Waals surface area contributed by atoms with E-state index in [2.05, 4.69) is 17.1 Å². The summed E-state index contributed by atoms with van der Waals surface area (Å²) in [5.41, 5.74) is 1.81. The molecule has 1 aromatic rings. The van der Waals surface area contributed by atoms with Crippen LogP contribution < -0.4 is 5.32 Å². The lowest BCUT2D eigenvalue weighted by atomic mass is 10.2. The molecule has 1 saturated heterocycles. The van der Waals surface area contributed by atoms with Crippen molar-refractivity contribution in [3.05, 3.63) is 28.8 Å². The van der Waals surface area contributed by atoms with Gasteiger partial charge in [0.05, 0.1) is 0 Å². The van der Waals surface area contributed by atoms with Crippen molar-refractivity contribution < 1.29 is 4.79 Å². The fraction of sp³-hybridized carbons (Fsp3) is 0.533. The lowest BCUT2D eigenvalue weighted by molar-refractivity contribution is 0.147. The van der Waals surface area contributed by atoms with Gasteiger partial charge in [0, 0.05) is 36.9 Å². The third kappa shape index (κ3) is 3.87. The minimum absolute atomic E-state index is 0.0217. The topological polar surface area (TPSA) is 35.6 Å². The van der Waals surface area contributed by atoms with Gasteiger partial charge in [0.15, 0.2) is 0 Å². The van der Waals surface area contributed by atoms with E-state index in [9.17, 15) is 4.79 Å². The van der Waals surface area contributed by atoms with Crippen LogP contribution in [0.15, 0.2) is 18.2 Å². The van der Waals surface area contributed by atoms with Crippen LogP contribution in [0.2, 0.25) is 5.02 Å². The number of rotatable bonds is 3. The van der Waals surface area contributed by atoms with E-state index in [1.807, 2.05) is 24.0 Å². The number of carbonyl (C=O) groups excluding carboxylic acids is 1. The van der Waals surface area contributed by atoms with Gasteiger partial charge in [0.25, 0.3) is 0 Å². The van der Waals surface area contributed by atoms with Crippen molar-refractivity contribution >= 4 is 23.3 Å². The van der Waals surface area contributed by atoms with Gasteiger partial charge in [0.2, 0.25) is 0 Å². The Kier molecular flexibility index (Phi) is 5.26. The molecule has 0 aromatic heterocycles. The normalized spacial score (nSPS) is 16.2. The molecule has 0 spiro atoms. The monoisotopic (exact) mass is 295 g/mol. The third-order valence-corrected chi connectivity index (χ3v) is 3.86. The number of halogens is 1. The van der Waals surface area contributed by atoms with Gasteiger partial charge in [-0.25, -0.2) is 4.79 Å².